The number of nitrogens with one attached hydrogen (secondary N) is 2. The van der Waals surface area contributed by atoms with Gasteiger partial charge in [-0.25, -0.2) is 13.1 Å². The normalized spacial score (nSPS) is 15.2. The van der Waals surface area contributed by atoms with Crippen LogP contribution < -0.4 is 10.0 Å². The number of sulfonamides is 1. The lowest BCUT2D eigenvalue weighted by atomic mass is 10.1. The second kappa shape index (κ2) is 10.4. The lowest BCUT2D eigenvalue weighted by molar-refractivity contribution is -0.121. The van der Waals surface area contributed by atoms with Gasteiger partial charge in [0.1, 0.15) is 5.84 Å². The van der Waals surface area contributed by atoms with Crippen molar-refractivity contribution in [1.82, 2.24) is 19.8 Å². The molecule has 2 aromatic carbocycles. The Hall–Kier alpha value is -3.46. The second-order valence-corrected chi connectivity index (χ2v) is 9.51. The number of carbonyl (C=O) groups is 1. The molecule has 3 aromatic rings. The summed E-state index contributed by atoms with van der Waals surface area (Å²) in [7, 11) is -3.49. The number of unbranched alkanes of at least 4 members (excludes halogenated alkanes) is 2. The smallest absolute Gasteiger partial charge is 0.263 e. The third-order valence-electron chi connectivity index (χ3n) is 5.44. The number of rotatable bonds is 10. The highest BCUT2D eigenvalue weighted by Crippen LogP contribution is 2.22. The summed E-state index contributed by atoms with van der Waals surface area (Å²) in [4.78, 5) is 16.7. The Bertz CT molecular complexity index is 1220. The molecule has 0 spiro atoms. The molecule has 2 heterocycles. The van der Waals surface area contributed by atoms with Crippen LogP contribution in [0, 0.1) is 0 Å². The van der Waals surface area contributed by atoms with E-state index in [0.29, 0.717) is 30.9 Å². The summed E-state index contributed by atoms with van der Waals surface area (Å²) >= 11 is 0. The van der Waals surface area contributed by atoms with Crippen LogP contribution >= 0.6 is 0 Å². The van der Waals surface area contributed by atoms with Crippen molar-refractivity contribution in [2.45, 2.75) is 37.0 Å². The van der Waals surface area contributed by atoms with Crippen LogP contribution in [0.4, 0.5) is 0 Å². The third kappa shape index (κ3) is 5.87. The number of carbonyl (C=O) groups excluding carboxylic acids is 1. The van der Waals surface area contributed by atoms with E-state index in [1.54, 1.807) is 30.5 Å². The largest absolute Gasteiger partial charge is 0.356 e. The van der Waals surface area contributed by atoms with Crippen LogP contribution in [0.25, 0.3) is 5.69 Å². The van der Waals surface area contributed by atoms with Crippen molar-refractivity contribution in [3.63, 3.8) is 0 Å². The summed E-state index contributed by atoms with van der Waals surface area (Å²) in [6.45, 7) is 1.12. The van der Waals surface area contributed by atoms with E-state index in [0.717, 1.165) is 36.9 Å². The number of amides is 1. The van der Waals surface area contributed by atoms with Gasteiger partial charge in [-0.1, -0.05) is 30.7 Å². The van der Waals surface area contributed by atoms with Crippen molar-refractivity contribution in [2.75, 3.05) is 13.1 Å². The van der Waals surface area contributed by atoms with Gasteiger partial charge in [-0.05, 0) is 55.2 Å². The van der Waals surface area contributed by atoms with Gasteiger partial charge in [0.05, 0.1) is 10.6 Å². The van der Waals surface area contributed by atoms with Crippen LogP contribution in [-0.2, 0) is 21.2 Å². The summed E-state index contributed by atoms with van der Waals surface area (Å²) in [6, 6.07) is 16.8. The number of fused-ring (bicyclic) bond motifs is 1. The van der Waals surface area contributed by atoms with E-state index in [1.807, 2.05) is 41.2 Å². The zero-order valence-corrected chi connectivity index (χ0v) is 19.1. The number of benzene rings is 2. The molecule has 0 bridgehead atoms. The quantitative estimate of drug-likeness (QED) is 0.449. The van der Waals surface area contributed by atoms with Gasteiger partial charge in [-0.2, -0.15) is 5.10 Å². The predicted molar refractivity (Wildman–Crippen MR) is 127 cm³/mol. The van der Waals surface area contributed by atoms with Crippen molar-refractivity contribution < 1.29 is 13.2 Å². The minimum atomic E-state index is -3.49. The zero-order chi connectivity index (χ0) is 23.1. The van der Waals surface area contributed by atoms with E-state index >= 15 is 0 Å². The SMILES string of the molecule is O=C(CCCCCN=C1NS(=O)(=O)c2ccccc21)NCCc1ccc(-n2cccn2)cc1. The maximum absolute atomic E-state index is 12.1. The van der Waals surface area contributed by atoms with E-state index < -0.39 is 10.0 Å². The fourth-order valence-electron chi connectivity index (χ4n) is 3.69. The lowest BCUT2D eigenvalue weighted by Gasteiger charge is -2.07. The van der Waals surface area contributed by atoms with Crippen LogP contribution in [0.5, 0.6) is 0 Å². The lowest BCUT2D eigenvalue weighted by Crippen LogP contribution is -2.25. The topological polar surface area (TPSA) is 105 Å². The Labute approximate surface area is 193 Å². The molecule has 0 aliphatic carbocycles. The first-order valence-electron chi connectivity index (χ1n) is 11.1. The number of nitrogens with zero attached hydrogens (tertiary/aromatic N) is 3. The molecule has 8 nitrogen and oxygen atoms in total. The van der Waals surface area contributed by atoms with Crippen LogP contribution in [0.15, 0.2) is 76.9 Å². The molecule has 1 aliphatic heterocycles. The first-order chi connectivity index (χ1) is 16.0. The van der Waals surface area contributed by atoms with Crippen LogP contribution in [0.2, 0.25) is 0 Å². The maximum atomic E-state index is 12.1. The summed E-state index contributed by atoms with van der Waals surface area (Å²) in [5.74, 6) is 0.452. The minimum absolute atomic E-state index is 0.0481. The van der Waals surface area contributed by atoms with Crippen molar-refractivity contribution in [3.8, 4) is 5.69 Å². The summed E-state index contributed by atoms with van der Waals surface area (Å²) in [5.41, 5.74) is 2.79. The van der Waals surface area contributed by atoms with Crippen LogP contribution in [-0.4, -0.2) is 43.0 Å². The number of aromatic nitrogens is 2. The van der Waals surface area contributed by atoms with E-state index in [9.17, 15) is 13.2 Å². The van der Waals surface area contributed by atoms with Crippen LogP contribution in [0.1, 0.15) is 36.8 Å². The van der Waals surface area contributed by atoms with Gasteiger partial charge < -0.3 is 5.32 Å². The molecular formula is C24H27N5O3S. The average molecular weight is 466 g/mol. The van der Waals surface area contributed by atoms with Crippen molar-refractivity contribution in [2.24, 2.45) is 4.99 Å². The molecule has 33 heavy (non-hydrogen) atoms. The first-order valence-corrected chi connectivity index (χ1v) is 12.5. The Morgan fingerprint density at radius 1 is 1.03 bits per heavy atom. The molecule has 1 amide bonds. The first kappa shape index (κ1) is 22.7. The van der Waals surface area contributed by atoms with Crippen molar-refractivity contribution >= 4 is 21.8 Å². The van der Waals surface area contributed by atoms with Gasteiger partial charge in [0.2, 0.25) is 5.91 Å². The number of hydrogen-bond acceptors (Lipinski definition) is 5. The maximum Gasteiger partial charge on any atom is 0.263 e. The molecule has 0 unspecified atom stereocenters. The molecule has 0 saturated heterocycles. The fraction of sp³-hybridized carbons (Fsp3) is 0.292. The molecule has 9 heteroatoms. The van der Waals surface area contributed by atoms with Gasteiger partial charge in [0.25, 0.3) is 10.0 Å². The van der Waals surface area contributed by atoms with Gasteiger partial charge in [0.15, 0.2) is 0 Å². The van der Waals surface area contributed by atoms with Crippen molar-refractivity contribution in [3.05, 3.63) is 78.1 Å². The monoisotopic (exact) mass is 465 g/mol. The van der Waals surface area contributed by atoms with Gasteiger partial charge in [-0.3, -0.25) is 14.5 Å². The molecule has 1 aliphatic rings. The highest BCUT2D eigenvalue weighted by Gasteiger charge is 2.29. The summed E-state index contributed by atoms with van der Waals surface area (Å²) < 4.78 is 28.5. The number of amidine groups is 1. The Kier molecular flexibility index (Phi) is 7.19. The molecule has 0 atom stereocenters. The Balaban J connectivity index is 1.11. The van der Waals surface area contributed by atoms with Gasteiger partial charge in [-0.15, -0.1) is 0 Å². The number of aliphatic imine (C=N–C) groups is 1. The summed E-state index contributed by atoms with van der Waals surface area (Å²) in [5, 5.41) is 7.18. The van der Waals surface area contributed by atoms with Crippen molar-refractivity contribution in [1.29, 1.82) is 0 Å². The van der Waals surface area contributed by atoms with E-state index in [-0.39, 0.29) is 10.8 Å². The van der Waals surface area contributed by atoms with E-state index in [2.05, 4.69) is 20.1 Å². The predicted octanol–water partition coefficient (Wildman–Crippen LogP) is 2.83. The Morgan fingerprint density at radius 2 is 1.85 bits per heavy atom. The highest BCUT2D eigenvalue weighted by atomic mass is 32.2. The zero-order valence-electron chi connectivity index (χ0n) is 18.3. The van der Waals surface area contributed by atoms with E-state index in [4.69, 9.17) is 0 Å². The van der Waals surface area contributed by atoms with E-state index in [1.165, 1.54) is 0 Å². The minimum Gasteiger partial charge on any atom is -0.356 e. The highest BCUT2D eigenvalue weighted by molar-refractivity contribution is 7.90. The Morgan fingerprint density at radius 3 is 2.64 bits per heavy atom. The molecule has 172 valence electrons. The molecule has 0 radical (unpaired) electrons. The average Bonchev–Trinajstić information content (AvgIpc) is 3.44. The fourth-order valence-corrected chi connectivity index (χ4v) is 4.94. The molecule has 4 rings (SSSR count). The van der Waals surface area contributed by atoms with Gasteiger partial charge >= 0.3 is 0 Å². The number of hydrogen-bond donors (Lipinski definition) is 2. The van der Waals surface area contributed by atoms with Gasteiger partial charge in [0, 0.05) is 37.5 Å². The molecule has 1 aromatic heterocycles. The third-order valence-corrected chi connectivity index (χ3v) is 6.83. The molecular weight excluding hydrogens is 438 g/mol. The summed E-state index contributed by atoms with van der Waals surface area (Å²) in [6.07, 6.45) is 7.32. The second-order valence-electron chi connectivity index (χ2n) is 7.86. The standard InChI is InChI=1S/C24H27N5O3S/c30-23(25-17-14-19-10-12-20(13-11-19)29-18-6-16-27-29)9-2-1-5-15-26-24-21-7-3-4-8-22(21)33(31,32)28-24/h3-4,6-8,10-13,16,18H,1-2,5,9,14-15,17H2,(H,25,30)(H,26,28). The van der Waals surface area contributed by atoms with Crippen LogP contribution in [0.3, 0.4) is 0 Å². The molecule has 0 fully saturated rings. The molecule has 0 saturated carbocycles. The molecule has 2 N–H and O–H groups in total.